The van der Waals surface area contributed by atoms with Crippen molar-refractivity contribution in [1.82, 2.24) is 0 Å². The largest absolute Gasteiger partial charge is 0.488 e. The second kappa shape index (κ2) is 5.73. The van der Waals surface area contributed by atoms with Gasteiger partial charge in [-0.1, -0.05) is 33.4 Å². The number of carboxylic acids is 1. The van der Waals surface area contributed by atoms with Crippen LogP contribution in [0.3, 0.4) is 0 Å². The van der Waals surface area contributed by atoms with E-state index in [1.165, 1.54) is 0 Å². The molecule has 0 unspecified atom stereocenters. The van der Waals surface area contributed by atoms with E-state index in [0.29, 0.717) is 12.4 Å². The fourth-order valence-corrected chi connectivity index (χ4v) is 2.26. The highest BCUT2D eigenvalue weighted by molar-refractivity contribution is 14.1. The van der Waals surface area contributed by atoms with Crippen LogP contribution >= 0.6 is 22.6 Å². The minimum atomic E-state index is -0.974. The maximum absolute atomic E-state index is 11.3. The topological polar surface area (TPSA) is 46.5 Å². The molecule has 0 radical (unpaired) electrons. The fourth-order valence-electron chi connectivity index (χ4n) is 1.47. The van der Waals surface area contributed by atoms with Gasteiger partial charge in [0, 0.05) is 0 Å². The smallest absolute Gasteiger partial charge is 0.339 e. The molecule has 98 valence electrons. The zero-order valence-electron chi connectivity index (χ0n) is 10.8. The van der Waals surface area contributed by atoms with E-state index in [0.717, 1.165) is 9.13 Å². The third-order valence-electron chi connectivity index (χ3n) is 2.49. The van der Waals surface area contributed by atoms with Gasteiger partial charge in [-0.25, -0.2) is 4.79 Å². The van der Waals surface area contributed by atoms with Crippen molar-refractivity contribution < 1.29 is 14.6 Å². The van der Waals surface area contributed by atoms with Gasteiger partial charge in [0.15, 0.2) is 0 Å². The molecule has 0 aromatic heterocycles. The molecule has 4 heteroatoms. The summed E-state index contributed by atoms with van der Waals surface area (Å²) in [7, 11) is 0. The van der Waals surface area contributed by atoms with Crippen molar-refractivity contribution in [2.45, 2.75) is 26.2 Å². The molecule has 0 aliphatic carbocycles. The second-order valence-electron chi connectivity index (χ2n) is 4.99. The Balaban J connectivity index is 3.36. The van der Waals surface area contributed by atoms with E-state index in [-0.39, 0.29) is 11.0 Å². The number of hydrogen-bond acceptors (Lipinski definition) is 2. The number of aromatic carboxylic acids is 1. The average molecular weight is 360 g/mol. The Morgan fingerprint density at radius 3 is 2.56 bits per heavy atom. The Morgan fingerprint density at radius 2 is 2.11 bits per heavy atom. The summed E-state index contributed by atoms with van der Waals surface area (Å²) in [6.07, 6.45) is 1.60. The summed E-state index contributed by atoms with van der Waals surface area (Å²) >= 11 is 2.10. The number of carbonyl (C=O) groups is 1. The van der Waals surface area contributed by atoms with Gasteiger partial charge in [0.1, 0.15) is 17.9 Å². The van der Waals surface area contributed by atoms with Gasteiger partial charge in [-0.15, -0.1) is 0 Å². The van der Waals surface area contributed by atoms with E-state index >= 15 is 0 Å². The minimum absolute atomic E-state index is 0.0961. The van der Waals surface area contributed by atoms with Gasteiger partial charge >= 0.3 is 5.97 Å². The van der Waals surface area contributed by atoms with E-state index in [9.17, 15) is 9.90 Å². The number of carboxylic acid groups (broad SMARTS) is 1. The third kappa shape index (κ3) is 3.48. The lowest BCUT2D eigenvalue weighted by Crippen LogP contribution is -2.14. The Kier molecular flexibility index (Phi) is 4.78. The van der Waals surface area contributed by atoms with Crippen LogP contribution in [0.25, 0.3) is 0 Å². The first-order chi connectivity index (χ1) is 8.27. The van der Waals surface area contributed by atoms with E-state index in [4.69, 9.17) is 4.74 Å². The van der Waals surface area contributed by atoms with Crippen LogP contribution in [-0.2, 0) is 5.41 Å². The molecule has 0 spiro atoms. The Labute approximate surface area is 121 Å². The quantitative estimate of drug-likeness (QED) is 0.655. The summed E-state index contributed by atoms with van der Waals surface area (Å²) in [5.74, 6) is -0.561. The van der Waals surface area contributed by atoms with E-state index < -0.39 is 5.97 Å². The van der Waals surface area contributed by atoms with Crippen LogP contribution in [0.2, 0.25) is 0 Å². The molecule has 18 heavy (non-hydrogen) atoms. The highest BCUT2D eigenvalue weighted by Gasteiger charge is 2.21. The van der Waals surface area contributed by atoms with Crippen molar-refractivity contribution in [3.05, 3.63) is 39.5 Å². The van der Waals surface area contributed by atoms with Crippen molar-refractivity contribution in [3.8, 4) is 5.75 Å². The van der Waals surface area contributed by atoms with Gasteiger partial charge in [0.2, 0.25) is 0 Å². The van der Waals surface area contributed by atoms with Crippen LogP contribution in [0.5, 0.6) is 5.75 Å². The maximum Gasteiger partial charge on any atom is 0.339 e. The first kappa shape index (κ1) is 15.0. The summed E-state index contributed by atoms with van der Waals surface area (Å²) in [6, 6.07) is 3.65. The predicted molar refractivity (Wildman–Crippen MR) is 80.5 cm³/mol. The molecule has 0 aliphatic heterocycles. The van der Waals surface area contributed by atoms with Gasteiger partial charge in [-0.3, -0.25) is 0 Å². The van der Waals surface area contributed by atoms with Gasteiger partial charge < -0.3 is 9.84 Å². The van der Waals surface area contributed by atoms with E-state index in [1.807, 2.05) is 26.8 Å². The number of ether oxygens (including phenoxy) is 1. The molecular formula is C14H17IO3. The number of hydrogen-bond donors (Lipinski definition) is 1. The molecule has 0 saturated carbocycles. The standard InChI is InChI=1S/C14H17IO3/c1-5-6-18-12-10(13(16)17)7-9(8-11(12)15)14(2,3)4/h5,7-8H,1,6H2,2-4H3,(H,16,17). The molecule has 3 nitrogen and oxygen atoms in total. The van der Waals surface area contributed by atoms with Crippen LogP contribution < -0.4 is 4.74 Å². The van der Waals surface area contributed by atoms with Gasteiger partial charge in [-0.05, 0) is 45.7 Å². The molecular weight excluding hydrogens is 343 g/mol. The minimum Gasteiger partial charge on any atom is -0.488 e. The zero-order valence-corrected chi connectivity index (χ0v) is 12.9. The predicted octanol–water partition coefficient (Wildman–Crippen LogP) is 3.85. The van der Waals surface area contributed by atoms with Gasteiger partial charge in [0.25, 0.3) is 0 Å². The van der Waals surface area contributed by atoms with Gasteiger partial charge in [0.05, 0.1) is 3.57 Å². The molecule has 0 aliphatic rings. The Bertz CT molecular complexity index is 473. The van der Waals surface area contributed by atoms with Crippen molar-refractivity contribution in [2.24, 2.45) is 0 Å². The van der Waals surface area contributed by atoms with E-state index in [1.54, 1.807) is 12.1 Å². The first-order valence-corrected chi connectivity index (χ1v) is 6.66. The molecule has 1 N–H and O–H groups in total. The van der Waals surface area contributed by atoms with Crippen LogP contribution in [0.1, 0.15) is 36.7 Å². The summed E-state index contributed by atoms with van der Waals surface area (Å²) < 4.78 is 6.24. The number of rotatable bonds is 4. The van der Waals surface area contributed by atoms with Crippen LogP contribution in [0.15, 0.2) is 24.8 Å². The Morgan fingerprint density at radius 1 is 1.50 bits per heavy atom. The lowest BCUT2D eigenvalue weighted by atomic mass is 9.86. The van der Waals surface area contributed by atoms with E-state index in [2.05, 4.69) is 29.2 Å². The monoisotopic (exact) mass is 360 g/mol. The first-order valence-electron chi connectivity index (χ1n) is 5.58. The third-order valence-corrected chi connectivity index (χ3v) is 3.29. The number of benzene rings is 1. The summed E-state index contributed by atoms with van der Waals surface area (Å²) in [6.45, 7) is 10.0. The van der Waals surface area contributed by atoms with Gasteiger partial charge in [-0.2, -0.15) is 0 Å². The lowest BCUT2D eigenvalue weighted by Gasteiger charge is -2.21. The normalized spacial score (nSPS) is 11.1. The summed E-state index contributed by atoms with van der Waals surface area (Å²) in [5.41, 5.74) is 1.09. The maximum atomic E-state index is 11.3. The molecule has 0 amide bonds. The molecule has 0 atom stereocenters. The molecule has 0 heterocycles. The Hall–Kier alpha value is -1.04. The van der Waals surface area contributed by atoms with Crippen LogP contribution in [0, 0.1) is 3.57 Å². The molecule has 0 fully saturated rings. The lowest BCUT2D eigenvalue weighted by molar-refractivity contribution is 0.0692. The molecule has 1 rings (SSSR count). The second-order valence-corrected chi connectivity index (χ2v) is 6.15. The van der Waals surface area contributed by atoms with Crippen LogP contribution in [0.4, 0.5) is 0 Å². The summed E-state index contributed by atoms with van der Waals surface area (Å²) in [4.78, 5) is 11.3. The van der Waals surface area contributed by atoms with Crippen LogP contribution in [-0.4, -0.2) is 17.7 Å². The highest BCUT2D eigenvalue weighted by Crippen LogP contribution is 2.32. The van der Waals surface area contributed by atoms with Crippen molar-refractivity contribution in [3.63, 3.8) is 0 Å². The van der Waals surface area contributed by atoms with Crippen molar-refractivity contribution in [2.75, 3.05) is 6.61 Å². The molecule has 1 aromatic carbocycles. The molecule has 0 bridgehead atoms. The molecule has 0 saturated heterocycles. The SMILES string of the molecule is C=CCOc1c(I)cc(C(C)(C)C)cc1C(=O)O. The summed E-state index contributed by atoms with van der Waals surface area (Å²) in [5, 5.41) is 9.27. The molecule has 1 aromatic rings. The van der Waals surface area contributed by atoms with Crippen molar-refractivity contribution in [1.29, 1.82) is 0 Å². The average Bonchev–Trinajstić information content (AvgIpc) is 2.25. The van der Waals surface area contributed by atoms with Crippen molar-refractivity contribution >= 4 is 28.6 Å². The zero-order chi connectivity index (χ0) is 13.9. The number of halogens is 1. The fraction of sp³-hybridized carbons (Fsp3) is 0.357. The highest BCUT2D eigenvalue weighted by atomic mass is 127.